The molecule has 0 bridgehead atoms. The van der Waals surface area contributed by atoms with Gasteiger partial charge in [-0.3, -0.25) is 0 Å². The van der Waals surface area contributed by atoms with Gasteiger partial charge in [-0.25, -0.2) is 20.2 Å². The van der Waals surface area contributed by atoms with Crippen molar-refractivity contribution in [2.24, 2.45) is 0 Å². The van der Waals surface area contributed by atoms with Crippen LogP contribution in [-0.4, -0.2) is 0 Å². The summed E-state index contributed by atoms with van der Waals surface area (Å²) in [6.45, 7) is 14.8. The Kier molecular flexibility index (Phi) is 6.57. The first kappa shape index (κ1) is 26.2. The minimum atomic E-state index is 0.0415. The van der Waals surface area contributed by atoms with Crippen LogP contribution in [0.2, 0.25) is 0 Å². The molecule has 4 aliphatic rings. The lowest BCUT2D eigenvalue weighted by Crippen LogP contribution is -2.30. The van der Waals surface area contributed by atoms with Gasteiger partial charge in [-0.2, -0.15) is 0 Å². The average molecular weight is 587 g/mol. The lowest BCUT2D eigenvalue weighted by atomic mass is 9.65. The van der Waals surface area contributed by atoms with Gasteiger partial charge in [0, 0.05) is 19.9 Å². The second kappa shape index (κ2) is 10.3. The number of rotatable bonds is 2. The highest BCUT2D eigenvalue weighted by Gasteiger charge is 2.46. The van der Waals surface area contributed by atoms with E-state index in [0.29, 0.717) is 0 Å². The normalized spacial score (nSPS) is 22.2. The summed E-state index contributed by atoms with van der Waals surface area (Å²) in [7, 11) is 0. The van der Waals surface area contributed by atoms with Gasteiger partial charge in [0.25, 0.3) is 11.4 Å². The summed E-state index contributed by atoms with van der Waals surface area (Å²) in [6.07, 6.45) is 18.4. The monoisotopic (exact) mass is 586 g/mol. The fourth-order valence-corrected chi connectivity index (χ4v) is 11.8. The highest BCUT2D eigenvalue weighted by Crippen LogP contribution is 2.61. The topological polar surface area (TPSA) is 56.3 Å². The molecule has 0 N–H and O–H groups in total. The van der Waals surface area contributed by atoms with Crippen LogP contribution in [0.5, 0.6) is 0 Å². The number of nitrogens with zero attached hydrogens (tertiary/aromatic N) is 4. The van der Waals surface area contributed by atoms with E-state index in [1.54, 1.807) is 5.56 Å². The van der Waals surface area contributed by atoms with Gasteiger partial charge in [-0.15, -0.1) is 34.0 Å². The van der Waals surface area contributed by atoms with E-state index in [-0.39, 0.29) is 16.8 Å². The molecule has 1 saturated carbocycles. The van der Waals surface area contributed by atoms with Crippen molar-refractivity contribution in [1.82, 2.24) is 0 Å². The van der Waals surface area contributed by atoms with Gasteiger partial charge >= 0.3 is 0 Å². The van der Waals surface area contributed by atoms with Crippen LogP contribution in [0, 0.1) is 35.8 Å². The molecule has 0 unspecified atom stereocenters. The van der Waals surface area contributed by atoms with Crippen molar-refractivity contribution in [2.75, 3.05) is 0 Å². The number of allylic oxidation sites excluding steroid dienone is 9. The first-order chi connectivity index (χ1) is 20.1. The maximum absolute atomic E-state index is 9.52. The molecule has 200 valence electrons. The van der Waals surface area contributed by atoms with E-state index in [0.717, 1.165) is 49.7 Å². The first-order valence-corrected chi connectivity index (χ1v) is 16.7. The SMILES string of the molecule is [C-]#[N+]/C(C#N)=C1\C=C(c2cc3sc4c5c(sc4c3s2)C=C(C2=C/C(=C(\C#N)[N+]#[C-])CCC2)C52CCCCC2)CCC1. The molecule has 0 aromatic carbocycles. The summed E-state index contributed by atoms with van der Waals surface area (Å²) in [5.41, 5.74) is 7.90. The molecule has 7 rings (SSSR count). The number of fused-ring (bicyclic) bond motifs is 6. The standard InChI is InChI=1S/C34H26N4S3/c1-37-25(18-35)21-9-6-8-20(14-21)24-16-28-30(34(24)12-4-3-5-13-34)32-33(40-28)31-29(41-32)17-27(39-31)23-11-7-10-22(15-23)26(19-36)38-2/h14-17H,3-13H2/b25-21+,26-22-. The summed E-state index contributed by atoms with van der Waals surface area (Å²) in [5, 5.41) is 18.9. The van der Waals surface area contributed by atoms with Crippen molar-refractivity contribution in [2.45, 2.75) is 76.0 Å². The molecular formula is C34H26N4S3. The Hall–Kier alpha value is -3.72. The largest absolute Gasteiger partial charge is 0.265 e. The Labute approximate surface area is 252 Å². The van der Waals surface area contributed by atoms with Crippen molar-refractivity contribution in [1.29, 1.82) is 10.5 Å². The molecule has 1 spiro atoms. The molecule has 3 heterocycles. The summed E-state index contributed by atoms with van der Waals surface area (Å²) < 4.78 is 5.58. The van der Waals surface area contributed by atoms with Crippen LogP contribution in [0.3, 0.4) is 0 Å². The van der Waals surface area contributed by atoms with Crippen LogP contribution >= 0.6 is 34.0 Å². The molecule has 4 nitrogen and oxygen atoms in total. The number of thiophene rings is 3. The summed E-state index contributed by atoms with van der Waals surface area (Å²) in [4.78, 5) is 9.65. The Morgan fingerprint density at radius 1 is 0.732 bits per heavy atom. The van der Waals surface area contributed by atoms with Crippen LogP contribution in [0.15, 0.2) is 51.9 Å². The van der Waals surface area contributed by atoms with Crippen LogP contribution < -0.4 is 0 Å². The van der Waals surface area contributed by atoms with Gasteiger partial charge in [0.1, 0.15) is 0 Å². The van der Waals surface area contributed by atoms with Crippen LogP contribution in [0.1, 0.15) is 85.9 Å². The smallest absolute Gasteiger partial charge is 0.226 e. The Morgan fingerprint density at radius 2 is 1.39 bits per heavy atom. The quantitative estimate of drug-likeness (QED) is 0.221. The van der Waals surface area contributed by atoms with E-state index in [1.807, 2.05) is 34.0 Å². The zero-order chi connectivity index (χ0) is 28.1. The average Bonchev–Trinajstić information content (AvgIpc) is 3.73. The van der Waals surface area contributed by atoms with E-state index < -0.39 is 0 Å². The third-order valence-electron chi connectivity index (χ3n) is 9.17. The molecule has 41 heavy (non-hydrogen) atoms. The molecule has 4 aliphatic carbocycles. The number of nitriles is 2. The first-order valence-electron chi connectivity index (χ1n) is 14.2. The predicted octanol–water partition coefficient (Wildman–Crippen LogP) is 10.8. The van der Waals surface area contributed by atoms with Crippen LogP contribution in [0.4, 0.5) is 0 Å². The van der Waals surface area contributed by atoms with E-state index in [1.165, 1.54) is 77.4 Å². The molecule has 0 radical (unpaired) electrons. The van der Waals surface area contributed by atoms with Gasteiger partial charge < -0.3 is 0 Å². The Bertz CT molecular complexity index is 1930. The van der Waals surface area contributed by atoms with E-state index in [2.05, 4.69) is 46.1 Å². The van der Waals surface area contributed by atoms with Crippen LogP contribution in [0.25, 0.3) is 40.1 Å². The fourth-order valence-electron chi connectivity index (χ4n) is 7.35. The lowest BCUT2D eigenvalue weighted by molar-refractivity contribution is 0.349. The molecule has 0 aliphatic heterocycles. The van der Waals surface area contributed by atoms with E-state index in [9.17, 15) is 10.5 Å². The van der Waals surface area contributed by atoms with Crippen molar-refractivity contribution in [3.63, 3.8) is 0 Å². The van der Waals surface area contributed by atoms with Crippen molar-refractivity contribution < 1.29 is 0 Å². The third-order valence-corrected chi connectivity index (χ3v) is 13.1. The fraction of sp³-hybridized carbons (Fsp3) is 0.353. The lowest BCUT2D eigenvalue weighted by Gasteiger charge is -2.39. The Morgan fingerprint density at radius 3 is 2.05 bits per heavy atom. The minimum absolute atomic E-state index is 0.0415. The molecular weight excluding hydrogens is 561 g/mol. The number of hydrogen-bond acceptors (Lipinski definition) is 5. The van der Waals surface area contributed by atoms with Gasteiger partial charge in [-0.1, -0.05) is 31.4 Å². The van der Waals surface area contributed by atoms with Gasteiger partial charge in [0.2, 0.25) is 0 Å². The minimum Gasteiger partial charge on any atom is -0.226 e. The zero-order valence-corrected chi connectivity index (χ0v) is 25.1. The number of hydrogen-bond donors (Lipinski definition) is 0. The highest BCUT2D eigenvalue weighted by molar-refractivity contribution is 7.39. The van der Waals surface area contributed by atoms with E-state index in [4.69, 9.17) is 13.1 Å². The second-order valence-electron chi connectivity index (χ2n) is 11.3. The van der Waals surface area contributed by atoms with Gasteiger partial charge in [0.15, 0.2) is 0 Å². The summed E-state index contributed by atoms with van der Waals surface area (Å²) in [6, 6.07) is 6.55. The van der Waals surface area contributed by atoms with Crippen molar-refractivity contribution in [3.05, 3.63) is 90.1 Å². The van der Waals surface area contributed by atoms with Crippen LogP contribution in [-0.2, 0) is 5.41 Å². The van der Waals surface area contributed by atoms with E-state index >= 15 is 0 Å². The molecule has 3 aromatic heterocycles. The molecule has 7 heteroatoms. The zero-order valence-electron chi connectivity index (χ0n) is 22.6. The maximum Gasteiger partial charge on any atom is 0.265 e. The van der Waals surface area contributed by atoms with Gasteiger partial charge in [-0.05, 0) is 96.9 Å². The second-order valence-corrected chi connectivity index (χ2v) is 14.5. The van der Waals surface area contributed by atoms with Crippen molar-refractivity contribution in [3.8, 4) is 12.1 Å². The molecule has 0 saturated heterocycles. The van der Waals surface area contributed by atoms with Gasteiger partial charge in [0.05, 0.1) is 39.4 Å². The van der Waals surface area contributed by atoms with Crippen molar-refractivity contribution >= 4 is 64.5 Å². The summed E-state index contributed by atoms with van der Waals surface area (Å²) in [5.74, 6) is 0. The third kappa shape index (κ3) is 4.08. The maximum atomic E-state index is 9.52. The molecule has 3 aromatic rings. The highest BCUT2D eigenvalue weighted by atomic mass is 32.1. The predicted molar refractivity (Wildman–Crippen MR) is 170 cm³/mol. The molecule has 0 amide bonds. The Balaban J connectivity index is 1.35. The summed E-state index contributed by atoms with van der Waals surface area (Å²) >= 11 is 5.75. The molecule has 1 fully saturated rings. The molecule has 0 atom stereocenters.